The number of rotatable bonds is 8. The quantitative estimate of drug-likeness (QED) is 0.752. The molecule has 0 aliphatic heterocycles. The second kappa shape index (κ2) is 8.49. The van der Waals surface area contributed by atoms with Crippen LogP contribution in [0.15, 0.2) is 54.6 Å². The van der Waals surface area contributed by atoms with Gasteiger partial charge in [0, 0.05) is 11.6 Å². The van der Waals surface area contributed by atoms with E-state index in [0.717, 1.165) is 18.6 Å². The van der Waals surface area contributed by atoms with Crippen LogP contribution in [-0.2, 0) is 6.42 Å². The molecule has 0 heterocycles. The Bertz CT molecular complexity index is 607. The number of ether oxygens (including phenoxy) is 1. The molecule has 122 valence electrons. The van der Waals surface area contributed by atoms with Gasteiger partial charge in [0.1, 0.15) is 5.75 Å². The molecule has 2 unspecified atom stereocenters. The van der Waals surface area contributed by atoms with Gasteiger partial charge >= 0.3 is 0 Å². The van der Waals surface area contributed by atoms with Gasteiger partial charge < -0.3 is 10.1 Å². The lowest BCUT2D eigenvalue weighted by Gasteiger charge is -2.19. The highest BCUT2D eigenvalue weighted by atomic mass is 16.5. The first-order valence-electron chi connectivity index (χ1n) is 8.08. The zero-order valence-electron chi connectivity index (χ0n) is 14.1. The monoisotopic (exact) mass is 311 g/mol. The van der Waals surface area contributed by atoms with Crippen molar-refractivity contribution in [2.45, 2.75) is 38.8 Å². The van der Waals surface area contributed by atoms with Crippen LogP contribution in [0.25, 0.3) is 0 Å². The Morgan fingerprint density at radius 3 is 2.30 bits per heavy atom. The Labute approximate surface area is 138 Å². The van der Waals surface area contributed by atoms with Crippen molar-refractivity contribution in [3.8, 4) is 5.75 Å². The van der Waals surface area contributed by atoms with Gasteiger partial charge in [-0.3, -0.25) is 4.79 Å². The van der Waals surface area contributed by atoms with E-state index < -0.39 is 0 Å². The topological polar surface area (TPSA) is 38.3 Å². The lowest BCUT2D eigenvalue weighted by atomic mass is 10.0. The van der Waals surface area contributed by atoms with Crippen LogP contribution >= 0.6 is 0 Å². The minimum atomic E-state index is -0.200. The average molecular weight is 311 g/mol. The molecule has 2 atom stereocenters. The second-order valence-corrected chi connectivity index (χ2v) is 5.91. The molecule has 3 heteroatoms. The number of carbonyl (C=O) groups is 1. The van der Waals surface area contributed by atoms with E-state index in [9.17, 15) is 4.79 Å². The van der Waals surface area contributed by atoms with Crippen molar-refractivity contribution >= 4 is 5.78 Å². The summed E-state index contributed by atoms with van der Waals surface area (Å²) in [5.41, 5.74) is 2.04. The summed E-state index contributed by atoms with van der Waals surface area (Å²) >= 11 is 0. The van der Waals surface area contributed by atoms with E-state index in [2.05, 4.69) is 36.5 Å². The van der Waals surface area contributed by atoms with E-state index in [1.807, 2.05) is 37.3 Å². The third-order valence-electron chi connectivity index (χ3n) is 4.01. The van der Waals surface area contributed by atoms with Gasteiger partial charge in [-0.05, 0) is 56.5 Å². The Balaban J connectivity index is 1.84. The van der Waals surface area contributed by atoms with Crippen LogP contribution in [-0.4, -0.2) is 25.0 Å². The van der Waals surface area contributed by atoms with E-state index in [1.54, 1.807) is 7.11 Å². The number of Topliss-reactive ketones (excluding diaryl/α,β-unsaturated/α-hetero) is 1. The number of nitrogens with one attached hydrogen (secondary N) is 1. The number of ketones is 1. The van der Waals surface area contributed by atoms with E-state index in [-0.39, 0.29) is 17.9 Å². The normalized spacial score (nSPS) is 13.3. The molecule has 2 rings (SSSR count). The standard InChI is InChI=1S/C20H25NO2/c1-15(9-10-17-7-5-4-6-8-17)21-16(2)20(22)18-11-13-19(23-3)14-12-18/h4-8,11-16,21H,9-10H2,1-3H3. The van der Waals surface area contributed by atoms with Crippen LogP contribution in [0.2, 0.25) is 0 Å². The van der Waals surface area contributed by atoms with Crippen molar-refractivity contribution < 1.29 is 9.53 Å². The largest absolute Gasteiger partial charge is 0.497 e. The summed E-state index contributed by atoms with van der Waals surface area (Å²) in [6.45, 7) is 4.05. The predicted octanol–water partition coefficient (Wildman–Crippen LogP) is 3.88. The first-order valence-corrected chi connectivity index (χ1v) is 8.08. The minimum absolute atomic E-state index is 0.110. The second-order valence-electron chi connectivity index (χ2n) is 5.91. The Morgan fingerprint density at radius 1 is 1.04 bits per heavy atom. The molecule has 0 radical (unpaired) electrons. The molecule has 0 saturated carbocycles. The van der Waals surface area contributed by atoms with E-state index in [0.29, 0.717) is 5.56 Å². The number of aryl methyl sites for hydroxylation is 1. The maximum absolute atomic E-state index is 12.5. The minimum Gasteiger partial charge on any atom is -0.497 e. The lowest BCUT2D eigenvalue weighted by Crippen LogP contribution is -2.40. The molecule has 3 nitrogen and oxygen atoms in total. The number of benzene rings is 2. The number of carbonyl (C=O) groups excluding carboxylic acids is 1. The van der Waals surface area contributed by atoms with Gasteiger partial charge in [0.15, 0.2) is 5.78 Å². The Hall–Kier alpha value is -2.13. The number of methoxy groups -OCH3 is 1. The molecule has 23 heavy (non-hydrogen) atoms. The van der Waals surface area contributed by atoms with Gasteiger partial charge in [0.2, 0.25) is 0 Å². The van der Waals surface area contributed by atoms with Crippen molar-refractivity contribution in [1.82, 2.24) is 5.32 Å². The van der Waals surface area contributed by atoms with Crippen LogP contribution in [0.4, 0.5) is 0 Å². The highest BCUT2D eigenvalue weighted by Crippen LogP contribution is 2.13. The molecule has 0 bridgehead atoms. The van der Waals surface area contributed by atoms with Gasteiger partial charge in [0.05, 0.1) is 13.2 Å². The average Bonchev–Trinajstić information content (AvgIpc) is 2.60. The smallest absolute Gasteiger partial charge is 0.179 e. The molecule has 0 amide bonds. The van der Waals surface area contributed by atoms with Crippen molar-refractivity contribution in [3.63, 3.8) is 0 Å². The number of hydrogen-bond donors (Lipinski definition) is 1. The molecule has 0 aliphatic rings. The van der Waals surface area contributed by atoms with Crippen molar-refractivity contribution in [1.29, 1.82) is 0 Å². The molecule has 0 aliphatic carbocycles. The summed E-state index contributed by atoms with van der Waals surface area (Å²) in [7, 11) is 1.62. The fraction of sp³-hybridized carbons (Fsp3) is 0.350. The molecule has 0 spiro atoms. The molecule has 0 aromatic heterocycles. The molecule has 1 N–H and O–H groups in total. The summed E-state index contributed by atoms with van der Waals surface area (Å²) in [5.74, 6) is 0.873. The van der Waals surface area contributed by atoms with Crippen molar-refractivity contribution in [2.75, 3.05) is 7.11 Å². The zero-order valence-corrected chi connectivity index (χ0v) is 14.1. The van der Waals surface area contributed by atoms with Crippen LogP contribution < -0.4 is 10.1 Å². The van der Waals surface area contributed by atoms with E-state index >= 15 is 0 Å². The summed E-state index contributed by atoms with van der Waals surface area (Å²) in [4.78, 5) is 12.5. The summed E-state index contributed by atoms with van der Waals surface area (Å²) in [5, 5.41) is 3.40. The number of hydrogen-bond acceptors (Lipinski definition) is 3. The van der Waals surface area contributed by atoms with E-state index in [4.69, 9.17) is 4.74 Å². The summed E-state index contributed by atoms with van der Waals surface area (Å²) in [6.07, 6.45) is 2.02. The Morgan fingerprint density at radius 2 is 1.70 bits per heavy atom. The molecule has 0 saturated heterocycles. The fourth-order valence-corrected chi connectivity index (χ4v) is 2.62. The van der Waals surface area contributed by atoms with Crippen LogP contribution in [0.1, 0.15) is 36.2 Å². The van der Waals surface area contributed by atoms with Gasteiger partial charge in [-0.2, -0.15) is 0 Å². The highest BCUT2D eigenvalue weighted by molar-refractivity contribution is 5.99. The predicted molar refractivity (Wildman–Crippen MR) is 94.1 cm³/mol. The Kier molecular flexibility index (Phi) is 6.36. The molecular formula is C20H25NO2. The lowest BCUT2D eigenvalue weighted by molar-refractivity contribution is 0.0944. The maximum atomic E-state index is 12.5. The first kappa shape index (κ1) is 17.2. The van der Waals surface area contributed by atoms with Gasteiger partial charge in [0.25, 0.3) is 0 Å². The maximum Gasteiger partial charge on any atom is 0.179 e. The first-order chi connectivity index (χ1) is 11.1. The van der Waals surface area contributed by atoms with Crippen LogP contribution in [0.5, 0.6) is 5.75 Å². The van der Waals surface area contributed by atoms with Crippen LogP contribution in [0, 0.1) is 0 Å². The molecule has 2 aromatic rings. The highest BCUT2D eigenvalue weighted by Gasteiger charge is 2.17. The molecule has 2 aromatic carbocycles. The summed E-state index contributed by atoms with van der Waals surface area (Å²) < 4.78 is 5.12. The van der Waals surface area contributed by atoms with Crippen LogP contribution in [0.3, 0.4) is 0 Å². The summed E-state index contributed by atoms with van der Waals surface area (Å²) in [6, 6.07) is 17.8. The third kappa shape index (κ3) is 5.22. The van der Waals surface area contributed by atoms with Crippen molar-refractivity contribution in [3.05, 3.63) is 65.7 Å². The van der Waals surface area contributed by atoms with Gasteiger partial charge in [-0.15, -0.1) is 0 Å². The molecule has 0 fully saturated rings. The van der Waals surface area contributed by atoms with E-state index in [1.165, 1.54) is 5.56 Å². The fourth-order valence-electron chi connectivity index (χ4n) is 2.62. The van der Waals surface area contributed by atoms with Gasteiger partial charge in [-0.25, -0.2) is 0 Å². The molecular weight excluding hydrogens is 286 g/mol. The SMILES string of the molecule is COc1ccc(C(=O)C(C)NC(C)CCc2ccccc2)cc1. The third-order valence-corrected chi connectivity index (χ3v) is 4.01. The van der Waals surface area contributed by atoms with Crippen molar-refractivity contribution in [2.24, 2.45) is 0 Å². The zero-order chi connectivity index (χ0) is 16.7. The van der Waals surface area contributed by atoms with Gasteiger partial charge in [-0.1, -0.05) is 30.3 Å².